The molecule has 0 spiro atoms. The van der Waals surface area contributed by atoms with Gasteiger partial charge >= 0.3 is 6.18 Å². The largest absolute Gasteiger partial charge is 0.393 e. The molecule has 22 heavy (non-hydrogen) atoms. The molecular formula is C15H20F3NO2S. The van der Waals surface area contributed by atoms with E-state index in [-0.39, 0.29) is 23.6 Å². The van der Waals surface area contributed by atoms with Crippen molar-refractivity contribution in [1.82, 2.24) is 4.90 Å². The lowest BCUT2D eigenvalue weighted by Crippen LogP contribution is -2.42. The third-order valence-electron chi connectivity index (χ3n) is 3.96. The van der Waals surface area contributed by atoms with Crippen molar-refractivity contribution in [3.63, 3.8) is 0 Å². The van der Waals surface area contributed by atoms with Crippen LogP contribution in [0.4, 0.5) is 13.2 Å². The fraction of sp³-hybridized carbons (Fsp3) is 0.600. The number of hydrogen-bond acceptors (Lipinski definition) is 3. The number of sulfone groups is 1. The van der Waals surface area contributed by atoms with E-state index in [4.69, 9.17) is 0 Å². The maximum absolute atomic E-state index is 12.7. The van der Waals surface area contributed by atoms with Gasteiger partial charge in [0.2, 0.25) is 0 Å². The van der Waals surface area contributed by atoms with Crippen molar-refractivity contribution in [1.29, 1.82) is 0 Å². The van der Waals surface area contributed by atoms with E-state index < -0.39 is 21.9 Å². The van der Waals surface area contributed by atoms with Crippen molar-refractivity contribution in [2.24, 2.45) is 5.92 Å². The first kappa shape index (κ1) is 17.3. The predicted octanol–water partition coefficient (Wildman–Crippen LogP) is 3.12. The Morgan fingerprint density at radius 3 is 2.50 bits per heavy atom. The number of benzene rings is 1. The number of rotatable bonds is 5. The van der Waals surface area contributed by atoms with Crippen molar-refractivity contribution in [3.8, 4) is 0 Å². The van der Waals surface area contributed by atoms with Crippen LogP contribution in [0.2, 0.25) is 0 Å². The third kappa shape index (κ3) is 4.71. The molecule has 7 heteroatoms. The van der Waals surface area contributed by atoms with E-state index >= 15 is 0 Å². The van der Waals surface area contributed by atoms with Gasteiger partial charge in [-0.1, -0.05) is 18.2 Å². The molecular weight excluding hydrogens is 315 g/mol. The van der Waals surface area contributed by atoms with E-state index in [1.807, 2.05) is 0 Å². The van der Waals surface area contributed by atoms with Crippen LogP contribution in [-0.4, -0.2) is 44.9 Å². The summed E-state index contributed by atoms with van der Waals surface area (Å²) in [6.45, 7) is 0.978. The molecule has 0 unspecified atom stereocenters. The van der Waals surface area contributed by atoms with Crippen LogP contribution in [-0.2, 0) is 9.84 Å². The summed E-state index contributed by atoms with van der Waals surface area (Å²) in [6.07, 6.45) is -3.13. The number of piperidine rings is 1. The Kier molecular flexibility index (Phi) is 5.50. The molecule has 1 aromatic rings. The van der Waals surface area contributed by atoms with Gasteiger partial charge in [0, 0.05) is 6.54 Å². The molecule has 0 radical (unpaired) electrons. The second-order valence-corrected chi connectivity index (χ2v) is 7.78. The van der Waals surface area contributed by atoms with E-state index in [2.05, 4.69) is 0 Å². The first-order chi connectivity index (χ1) is 10.3. The predicted molar refractivity (Wildman–Crippen MR) is 78.3 cm³/mol. The van der Waals surface area contributed by atoms with Crippen molar-refractivity contribution in [3.05, 3.63) is 30.3 Å². The molecule has 1 fully saturated rings. The Balaban J connectivity index is 1.84. The first-order valence-corrected chi connectivity index (χ1v) is 9.01. The summed E-state index contributed by atoms with van der Waals surface area (Å²) in [7, 11) is -3.35. The summed E-state index contributed by atoms with van der Waals surface area (Å²) < 4.78 is 62.4. The number of likely N-dealkylation sites (tertiary alicyclic amines) is 1. The smallest absolute Gasteiger partial charge is 0.303 e. The van der Waals surface area contributed by atoms with Crippen LogP contribution in [0, 0.1) is 5.92 Å². The number of halogens is 3. The summed E-state index contributed by atoms with van der Waals surface area (Å²) in [5.74, 6) is -1.32. The number of hydrogen-bond donors (Lipinski definition) is 0. The Bertz CT molecular complexity index is 572. The molecule has 0 aliphatic carbocycles. The molecule has 0 aromatic heterocycles. The molecule has 1 heterocycles. The monoisotopic (exact) mass is 335 g/mol. The normalized spacial score (nSPS) is 21.0. The Morgan fingerprint density at radius 2 is 1.86 bits per heavy atom. The molecule has 1 aromatic carbocycles. The molecule has 2 rings (SSSR count). The summed E-state index contributed by atoms with van der Waals surface area (Å²) >= 11 is 0. The second kappa shape index (κ2) is 7.00. The van der Waals surface area contributed by atoms with Gasteiger partial charge in [0.1, 0.15) is 0 Å². The molecule has 1 saturated heterocycles. The highest BCUT2D eigenvalue weighted by atomic mass is 32.2. The molecule has 0 bridgehead atoms. The van der Waals surface area contributed by atoms with E-state index in [0.29, 0.717) is 25.9 Å². The zero-order valence-electron chi connectivity index (χ0n) is 12.2. The average Bonchev–Trinajstić information content (AvgIpc) is 2.47. The topological polar surface area (TPSA) is 37.4 Å². The summed E-state index contributed by atoms with van der Waals surface area (Å²) in [4.78, 5) is 1.99. The SMILES string of the molecule is O=S(=O)(CCCN1CCC[C@@H](C(F)(F)F)C1)c1ccccc1. The van der Waals surface area contributed by atoms with Crippen molar-refractivity contribution in [2.75, 3.05) is 25.4 Å². The van der Waals surface area contributed by atoms with Crippen molar-refractivity contribution < 1.29 is 21.6 Å². The van der Waals surface area contributed by atoms with E-state index in [1.54, 1.807) is 23.1 Å². The second-order valence-electron chi connectivity index (χ2n) is 5.67. The van der Waals surface area contributed by atoms with Crippen LogP contribution in [0.1, 0.15) is 19.3 Å². The van der Waals surface area contributed by atoms with Gasteiger partial charge in [-0.05, 0) is 44.5 Å². The molecule has 3 nitrogen and oxygen atoms in total. The van der Waals surface area contributed by atoms with Crippen LogP contribution in [0.5, 0.6) is 0 Å². The highest BCUT2D eigenvalue weighted by molar-refractivity contribution is 7.91. The van der Waals surface area contributed by atoms with Crippen LogP contribution in [0.3, 0.4) is 0 Å². The van der Waals surface area contributed by atoms with Gasteiger partial charge in [0.25, 0.3) is 0 Å². The van der Waals surface area contributed by atoms with E-state index in [1.165, 1.54) is 12.1 Å². The lowest BCUT2D eigenvalue weighted by molar-refractivity contribution is -0.186. The van der Waals surface area contributed by atoms with Crippen LogP contribution in [0.25, 0.3) is 0 Å². The molecule has 1 aliphatic rings. The van der Waals surface area contributed by atoms with Gasteiger partial charge in [0.05, 0.1) is 16.6 Å². The van der Waals surface area contributed by atoms with Gasteiger partial charge in [-0.25, -0.2) is 8.42 Å². The highest BCUT2D eigenvalue weighted by Gasteiger charge is 2.41. The van der Waals surface area contributed by atoms with Crippen LogP contribution >= 0.6 is 0 Å². The molecule has 0 amide bonds. The Labute approximate surface area is 129 Å². The standard InChI is InChI=1S/C15H20F3NO2S/c16-15(17,18)13-6-4-9-19(12-13)10-5-11-22(20,21)14-7-2-1-3-8-14/h1-3,7-8,13H,4-6,9-12H2/t13-/m1/s1. The molecule has 0 saturated carbocycles. The lowest BCUT2D eigenvalue weighted by atomic mass is 9.97. The van der Waals surface area contributed by atoms with Crippen molar-refractivity contribution in [2.45, 2.75) is 30.3 Å². The minimum absolute atomic E-state index is 0.0190. The molecule has 124 valence electrons. The number of nitrogens with zero attached hydrogens (tertiary/aromatic N) is 1. The summed E-state index contributed by atoms with van der Waals surface area (Å²) in [5.41, 5.74) is 0. The minimum atomic E-state index is -4.16. The molecule has 1 aliphatic heterocycles. The summed E-state index contributed by atoms with van der Waals surface area (Å²) in [5, 5.41) is 0. The van der Waals surface area contributed by atoms with Gasteiger partial charge in [-0.2, -0.15) is 13.2 Å². The quantitative estimate of drug-likeness (QED) is 0.830. The molecule has 0 N–H and O–H groups in total. The van der Waals surface area contributed by atoms with Gasteiger partial charge in [0.15, 0.2) is 9.84 Å². The van der Waals surface area contributed by atoms with E-state index in [9.17, 15) is 21.6 Å². The first-order valence-electron chi connectivity index (χ1n) is 7.36. The zero-order chi connectivity index (χ0) is 16.2. The summed E-state index contributed by atoms with van der Waals surface area (Å²) in [6, 6.07) is 8.13. The molecule has 1 atom stereocenters. The Morgan fingerprint density at radius 1 is 1.18 bits per heavy atom. The Hall–Kier alpha value is -1.08. The lowest BCUT2D eigenvalue weighted by Gasteiger charge is -2.33. The fourth-order valence-electron chi connectivity index (χ4n) is 2.75. The highest BCUT2D eigenvalue weighted by Crippen LogP contribution is 2.33. The fourth-order valence-corrected chi connectivity index (χ4v) is 4.07. The third-order valence-corrected chi connectivity index (χ3v) is 5.77. The van der Waals surface area contributed by atoms with Crippen LogP contribution < -0.4 is 0 Å². The van der Waals surface area contributed by atoms with Gasteiger partial charge in [-0.3, -0.25) is 0 Å². The minimum Gasteiger partial charge on any atom is -0.303 e. The number of alkyl halides is 3. The maximum atomic E-state index is 12.7. The van der Waals surface area contributed by atoms with Crippen molar-refractivity contribution >= 4 is 9.84 Å². The maximum Gasteiger partial charge on any atom is 0.393 e. The van der Waals surface area contributed by atoms with Gasteiger partial charge < -0.3 is 4.90 Å². The average molecular weight is 335 g/mol. The zero-order valence-corrected chi connectivity index (χ0v) is 13.0. The van der Waals surface area contributed by atoms with Crippen LogP contribution in [0.15, 0.2) is 35.2 Å². The van der Waals surface area contributed by atoms with E-state index in [0.717, 1.165) is 0 Å². The van der Waals surface area contributed by atoms with Gasteiger partial charge in [-0.15, -0.1) is 0 Å².